The summed E-state index contributed by atoms with van der Waals surface area (Å²) in [4.78, 5) is 9.17. The average molecular weight is 359 g/mol. The second-order valence-electron chi connectivity index (χ2n) is 7.15. The van der Waals surface area contributed by atoms with Crippen molar-refractivity contribution in [2.75, 3.05) is 13.1 Å². The first-order valence-electron chi connectivity index (χ1n) is 9.54. The van der Waals surface area contributed by atoms with Gasteiger partial charge in [-0.05, 0) is 86.8 Å². The topological polar surface area (TPSA) is 47.0 Å². The number of hydrogen-bond donors (Lipinski definition) is 1. The van der Waals surface area contributed by atoms with Crippen molar-refractivity contribution in [3.63, 3.8) is 0 Å². The SMILES string of the molecule is Cc1ccnc(COc2ccc(C)nc2-c2ccc3c(c2)CCNCC3)c1. The smallest absolute Gasteiger partial charge is 0.146 e. The summed E-state index contributed by atoms with van der Waals surface area (Å²) in [5.41, 5.74) is 7.96. The molecule has 0 saturated heterocycles. The van der Waals surface area contributed by atoms with E-state index in [0.29, 0.717) is 6.61 Å². The molecule has 1 N–H and O–H groups in total. The Morgan fingerprint density at radius 3 is 2.67 bits per heavy atom. The zero-order valence-corrected chi connectivity index (χ0v) is 16.0. The molecule has 0 amide bonds. The van der Waals surface area contributed by atoms with Gasteiger partial charge in [0.05, 0.1) is 5.69 Å². The quantitative estimate of drug-likeness (QED) is 0.764. The van der Waals surface area contributed by atoms with Crippen LogP contribution in [0, 0.1) is 13.8 Å². The summed E-state index contributed by atoms with van der Waals surface area (Å²) in [5.74, 6) is 0.801. The minimum absolute atomic E-state index is 0.439. The maximum absolute atomic E-state index is 6.12. The van der Waals surface area contributed by atoms with Gasteiger partial charge in [0.2, 0.25) is 0 Å². The van der Waals surface area contributed by atoms with Gasteiger partial charge in [0.25, 0.3) is 0 Å². The number of aromatic nitrogens is 2. The van der Waals surface area contributed by atoms with Crippen molar-refractivity contribution in [1.82, 2.24) is 15.3 Å². The number of nitrogens with one attached hydrogen (secondary N) is 1. The van der Waals surface area contributed by atoms with Gasteiger partial charge < -0.3 is 10.1 Å². The maximum atomic E-state index is 6.12. The van der Waals surface area contributed by atoms with Gasteiger partial charge in [-0.2, -0.15) is 0 Å². The lowest BCUT2D eigenvalue weighted by molar-refractivity contribution is 0.301. The average Bonchev–Trinajstić information content (AvgIpc) is 2.92. The summed E-state index contributed by atoms with van der Waals surface area (Å²) in [6.45, 7) is 6.60. The molecule has 138 valence electrons. The molecule has 4 heteroatoms. The molecule has 4 rings (SSSR count). The van der Waals surface area contributed by atoms with Crippen LogP contribution < -0.4 is 10.1 Å². The van der Waals surface area contributed by atoms with Crippen LogP contribution in [0.3, 0.4) is 0 Å². The lowest BCUT2D eigenvalue weighted by Gasteiger charge is -2.14. The van der Waals surface area contributed by atoms with E-state index in [-0.39, 0.29) is 0 Å². The number of hydrogen-bond acceptors (Lipinski definition) is 4. The van der Waals surface area contributed by atoms with E-state index in [9.17, 15) is 0 Å². The monoisotopic (exact) mass is 359 g/mol. The molecule has 0 bridgehead atoms. The number of rotatable bonds is 4. The van der Waals surface area contributed by atoms with Crippen LogP contribution in [0.15, 0.2) is 48.7 Å². The molecule has 3 heterocycles. The zero-order valence-electron chi connectivity index (χ0n) is 16.0. The van der Waals surface area contributed by atoms with Crippen molar-refractivity contribution in [2.24, 2.45) is 0 Å². The lowest BCUT2D eigenvalue weighted by Crippen LogP contribution is -2.16. The first-order chi connectivity index (χ1) is 13.2. The Hall–Kier alpha value is -2.72. The fourth-order valence-corrected chi connectivity index (χ4v) is 3.52. The van der Waals surface area contributed by atoms with E-state index < -0.39 is 0 Å². The van der Waals surface area contributed by atoms with Crippen LogP contribution in [-0.4, -0.2) is 23.1 Å². The van der Waals surface area contributed by atoms with Crippen LogP contribution in [0.5, 0.6) is 5.75 Å². The Morgan fingerprint density at radius 2 is 1.81 bits per heavy atom. The van der Waals surface area contributed by atoms with Gasteiger partial charge in [-0.15, -0.1) is 0 Å². The Kier molecular flexibility index (Phi) is 5.16. The molecule has 1 aliphatic heterocycles. The van der Waals surface area contributed by atoms with Crippen LogP contribution >= 0.6 is 0 Å². The molecule has 0 radical (unpaired) electrons. The molecule has 1 aliphatic rings. The van der Waals surface area contributed by atoms with Crippen molar-refractivity contribution < 1.29 is 4.74 Å². The summed E-state index contributed by atoms with van der Waals surface area (Å²) in [6, 6.07) is 14.7. The minimum Gasteiger partial charge on any atom is -0.485 e. The minimum atomic E-state index is 0.439. The Balaban J connectivity index is 1.64. The van der Waals surface area contributed by atoms with Gasteiger partial charge in [-0.25, -0.2) is 4.98 Å². The number of fused-ring (bicyclic) bond motifs is 1. The molecule has 3 aromatic rings. The highest BCUT2D eigenvalue weighted by atomic mass is 16.5. The van der Waals surface area contributed by atoms with E-state index >= 15 is 0 Å². The highest BCUT2D eigenvalue weighted by Gasteiger charge is 2.13. The molecular weight excluding hydrogens is 334 g/mol. The summed E-state index contributed by atoms with van der Waals surface area (Å²) in [6.07, 6.45) is 3.96. The third-order valence-corrected chi connectivity index (χ3v) is 4.97. The van der Waals surface area contributed by atoms with Gasteiger partial charge >= 0.3 is 0 Å². The Morgan fingerprint density at radius 1 is 0.963 bits per heavy atom. The molecular formula is C23H25N3O. The molecule has 0 fully saturated rings. The van der Waals surface area contributed by atoms with Crippen LogP contribution in [0.25, 0.3) is 11.3 Å². The number of ether oxygens (including phenoxy) is 1. The molecule has 0 spiro atoms. The van der Waals surface area contributed by atoms with Crippen molar-refractivity contribution in [1.29, 1.82) is 0 Å². The lowest BCUT2D eigenvalue weighted by atomic mass is 9.98. The number of benzene rings is 1. The second kappa shape index (κ2) is 7.89. The van der Waals surface area contributed by atoms with Gasteiger partial charge in [-0.1, -0.05) is 12.1 Å². The Bertz CT molecular complexity index is 952. The number of nitrogens with zero attached hydrogens (tertiary/aromatic N) is 2. The van der Waals surface area contributed by atoms with Gasteiger partial charge in [0.1, 0.15) is 18.1 Å². The number of aryl methyl sites for hydroxylation is 2. The summed E-state index contributed by atoms with van der Waals surface area (Å²) in [7, 11) is 0. The number of pyridine rings is 2. The standard InChI is InChI=1S/C23H25N3O/c1-16-7-12-25-21(13-16)15-27-22-6-3-17(2)26-23(22)20-5-4-18-8-10-24-11-9-19(18)14-20/h3-7,12-14,24H,8-11,15H2,1-2H3. The fourth-order valence-electron chi connectivity index (χ4n) is 3.52. The highest BCUT2D eigenvalue weighted by Crippen LogP contribution is 2.31. The van der Waals surface area contributed by atoms with E-state index in [2.05, 4.69) is 41.5 Å². The van der Waals surface area contributed by atoms with Crippen LogP contribution in [-0.2, 0) is 19.4 Å². The molecule has 1 aromatic carbocycles. The summed E-state index contributed by atoms with van der Waals surface area (Å²) >= 11 is 0. The van der Waals surface area contributed by atoms with Gasteiger partial charge in [0.15, 0.2) is 0 Å². The van der Waals surface area contributed by atoms with E-state index in [1.54, 1.807) is 0 Å². The van der Waals surface area contributed by atoms with E-state index in [0.717, 1.165) is 54.3 Å². The second-order valence-corrected chi connectivity index (χ2v) is 7.15. The predicted molar refractivity (Wildman–Crippen MR) is 108 cm³/mol. The van der Waals surface area contributed by atoms with Crippen LogP contribution in [0.1, 0.15) is 28.1 Å². The van der Waals surface area contributed by atoms with Crippen molar-refractivity contribution in [3.05, 3.63) is 76.7 Å². The van der Waals surface area contributed by atoms with Gasteiger partial charge in [0, 0.05) is 17.5 Å². The van der Waals surface area contributed by atoms with E-state index in [1.807, 2.05) is 31.3 Å². The first-order valence-corrected chi connectivity index (χ1v) is 9.54. The molecule has 0 saturated carbocycles. The predicted octanol–water partition coefficient (Wildman–Crippen LogP) is 4.03. The molecule has 0 atom stereocenters. The summed E-state index contributed by atoms with van der Waals surface area (Å²) < 4.78 is 6.12. The van der Waals surface area contributed by atoms with E-state index in [1.165, 1.54) is 16.7 Å². The third kappa shape index (κ3) is 4.17. The van der Waals surface area contributed by atoms with Crippen LogP contribution in [0.4, 0.5) is 0 Å². The highest BCUT2D eigenvalue weighted by molar-refractivity contribution is 5.68. The molecule has 0 aliphatic carbocycles. The van der Waals surface area contributed by atoms with Crippen LogP contribution in [0.2, 0.25) is 0 Å². The molecule has 4 nitrogen and oxygen atoms in total. The third-order valence-electron chi connectivity index (χ3n) is 4.97. The van der Waals surface area contributed by atoms with Crippen molar-refractivity contribution in [2.45, 2.75) is 33.3 Å². The molecule has 27 heavy (non-hydrogen) atoms. The maximum Gasteiger partial charge on any atom is 0.146 e. The normalized spacial score (nSPS) is 13.7. The Labute approximate surface area is 160 Å². The largest absolute Gasteiger partial charge is 0.485 e. The molecule has 2 aromatic heterocycles. The van der Waals surface area contributed by atoms with Crippen molar-refractivity contribution >= 4 is 0 Å². The summed E-state index contributed by atoms with van der Waals surface area (Å²) in [5, 5.41) is 3.47. The van der Waals surface area contributed by atoms with Crippen molar-refractivity contribution in [3.8, 4) is 17.0 Å². The first kappa shape index (κ1) is 17.7. The van der Waals surface area contributed by atoms with Gasteiger partial charge in [-0.3, -0.25) is 4.98 Å². The zero-order chi connectivity index (χ0) is 18.6. The fraction of sp³-hybridized carbons (Fsp3) is 0.304. The van der Waals surface area contributed by atoms with E-state index in [4.69, 9.17) is 9.72 Å². The molecule has 0 unspecified atom stereocenters.